The lowest BCUT2D eigenvalue weighted by atomic mass is 9.87. The molecule has 0 saturated carbocycles. The Bertz CT molecular complexity index is 380. The van der Waals surface area contributed by atoms with Gasteiger partial charge in [0.1, 0.15) is 0 Å². The summed E-state index contributed by atoms with van der Waals surface area (Å²) in [4.78, 5) is 26.9. The molecule has 5 nitrogen and oxygen atoms in total. The number of rotatable bonds is 2. The molecule has 19 heavy (non-hydrogen) atoms. The second-order valence-electron chi connectivity index (χ2n) is 6.10. The molecule has 2 amide bonds. The maximum absolute atomic E-state index is 12.3. The number of likely N-dealkylation sites (tertiary alicyclic amines) is 1. The van der Waals surface area contributed by atoms with Crippen molar-refractivity contribution in [3.8, 4) is 0 Å². The quantitative estimate of drug-likeness (QED) is 0.837. The van der Waals surface area contributed by atoms with Crippen molar-refractivity contribution >= 4 is 23.8 Å². The normalized spacial score (nSPS) is 24.8. The van der Waals surface area contributed by atoms with E-state index in [2.05, 4.69) is 13.8 Å². The summed E-state index contributed by atoms with van der Waals surface area (Å²) in [6, 6.07) is 0.0715. The fourth-order valence-corrected chi connectivity index (χ4v) is 3.68. The molecule has 1 N–H and O–H groups in total. The summed E-state index contributed by atoms with van der Waals surface area (Å²) in [5.41, 5.74) is 0. The van der Waals surface area contributed by atoms with Gasteiger partial charge in [-0.15, -0.1) is 0 Å². The number of carbonyl (C=O) groups is 2. The topological polar surface area (TPSA) is 60.9 Å². The highest BCUT2D eigenvalue weighted by Crippen LogP contribution is 2.31. The van der Waals surface area contributed by atoms with Crippen molar-refractivity contribution in [2.45, 2.75) is 25.5 Å². The minimum Gasteiger partial charge on any atom is -0.481 e. The lowest BCUT2D eigenvalue weighted by molar-refractivity contribution is -0.144. The Morgan fingerprint density at radius 2 is 1.95 bits per heavy atom. The largest absolute Gasteiger partial charge is 0.481 e. The Kier molecular flexibility index (Phi) is 3.99. The molecule has 2 heterocycles. The van der Waals surface area contributed by atoms with E-state index in [0.717, 1.165) is 18.8 Å². The predicted molar refractivity (Wildman–Crippen MR) is 75.4 cm³/mol. The Morgan fingerprint density at radius 1 is 1.32 bits per heavy atom. The second-order valence-corrected chi connectivity index (χ2v) is 7.91. The van der Waals surface area contributed by atoms with Gasteiger partial charge in [0.25, 0.3) is 0 Å². The highest BCUT2D eigenvalue weighted by molar-refractivity contribution is 8.00. The maximum atomic E-state index is 12.3. The van der Waals surface area contributed by atoms with Gasteiger partial charge in [-0.25, -0.2) is 4.79 Å². The van der Waals surface area contributed by atoms with Crippen LogP contribution in [-0.4, -0.2) is 63.6 Å². The molecule has 1 unspecified atom stereocenters. The van der Waals surface area contributed by atoms with Crippen molar-refractivity contribution in [3.63, 3.8) is 0 Å². The maximum Gasteiger partial charge on any atom is 0.320 e. The molecule has 0 aliphatic carbocycles. The van der Waals surface area contributed by atoms with Gasteiger partial charge in [0, 0.05) is 42.6 Å². The molecule has 0 bridgehead atoms. The number of amides is 2. The molecule has 2 aliphatic heterocycles. The summed E-state index contributed by atoms with van der Waals surface area (Å²) < 4.78 is 0.118. The van der Waals surface area contributed by atoms with Crippen molar-refractivity contribution in [3.05, 3.63) is 0 Å². The van der Waals surface area contributed by atoms with E-state index >= 15 is 0 Å². The summed E-state index contributed by atoms with van der Waals surface area (Å²) in [5, 5.41) is 8.94. The van der Waals surface area contributed by atoms with E-state index < -0.39 is 5.97 Å². The van der Waals surface area contributed by atoms with Crippen LogP contribution in [0, 0.1) is 11.8 Å². The third kappa shape index (κ3) is 3.16. The second kappa shape index (κ2) is 5.23. The van der Waals surface area contributed by atoms with Gasteiger partial charge in [0.15, 0.2) is 0 Å². The molecule has 2 fully saturated rings. The third-order valence-corrected chi connectivity index (χ3v) is 5.27. The summed E-state index contributed by atoms with van der Waals surface area (Å²) >= 11 is 1.90. The van der Waals surface area contributed by atoms with Gasteiger partial charge in [0.2, 0.25) is 0 Å². The number of hydrogen-bond acceptors (Lipinski definition) is 3. The molecule has 0 aromatic carbocycles. The van der Waals surface area contributed by atoms with Crippen LogP contribution in [0.2, 0.25) is 0 Å². The molecule has 2 saturated heterocycles. The first-order valence-corrected chi connectivity index (χ1v) is 7.69. The van der Waals surface area contributed by atoms with Gasteiger partial charge < -0.3 is 14.9 Å². The number of carboxylic acid groups (broad SMARTS) is 1. The van der Waals surface area contributed by atoms with Crippen molar-refractivity contribution in [1.29, 1.82) is 0 Å². The van der Waals surface area contributed by atoms with Crippen LogP contribution in [0.5, 0.6) is 0 Å². The van der Waals surface area contributed by atoms with E-state index in [0.29, 0.717) is 13.1 Å². The molecule has 2 aliphatic rings. The molecule has 1 atom stereocenters. The zero-order chi connectivity index (χ0) is 14.2. The molecule has 0 spiro atoms. The van der Waals surface area contributed by atoms with Gasteiger partial charge in [0.05, 0.1) is 5.92 Å². The summed E-state index contributed by atoms with van der Waals surface area (Å²) in [5.74, 6) is -0.0553. The van der Waals surface area contributed by atoms with Crippen molar-refractivity contribution < 1.29 is 14.7 Å². The molecular formula is C13H22N2O3S. The van der Waals surface area contributed by atoms with Crippen LogP contribution in [0.4, 0.5) is 4.79 Å². The van der Waals surface area contributed by atoms with E-state index in [-0.39, 0.29) is 22.6 Å². The van der Waals surface area contributed by atoms with Crippen LogP contribution >= 0.6 is 11.8 Å². The average Bonchev–Trinajstić information content (AvgIpc) is 2.25. The van der Waals surface area contributed by atoms with E-state index in [9.17, 15) is 9.59 Å². The summed E-state index contributed by atoms with van der Waals surface area (Å²) in [7, 11) is 0. The van der Waals surface area contributed by atoms with Gasteiger partial charge in [-0.05, 0) is 13.8 Å². The smallest absolute Gasteiger partial charge is 0.320 e. The van der Waals surface area contributed by atoms with Gasteiger partial charge in [-0.1, -0.05) is 6.92 Å². The standard InChI is InChI=1S/C13H22N2O3S/c1-9(11(16)17)10-6-15(7-10)12(18)14-4-5-19-13(2,3)8-14/h9-10H,4-8H2,1-3H3,(H,16,17). The van der Waals surface area contributed by atoms with Gasteiger partial charge >= 0.3 is 12.0 Å². The van der Waals surface area contributed by atoms with Crippen LogP contribution < -0.4 is 0 Å². The SMILES string of the molecule is CC(C(=O)O)C1CN(C(=O)N2CCSC(C)(C)C2)C1. The first-order valence-electron chi connectivity index (χ1n) is 6.71. The summed E-state index contributed by atoms with van der Waals surface area (Å²) in [6.45, 7) is 8.75. The van der Waals surface area contributed by atoms with Crippen LogP contribution in [0.15, 0.2) is 0 Å². The third-order valence-electron chi connectivity index (χ3n) is 3.97. The van der Waals surface area contributed by atoms with Crippen molar-refractivity contribution in [1.82, 2.24) is 9.80 Å². The fraction of sp³-hybridized carbons (Fsp3) is 0.846. The fourth-order valence-electron chi connectivity index (χ4n) is 2.57. The van der Waals surface area contributed by atoms with E-state index in [4.69, 9.17) is 5.11 Å². The first kappa shape index (κ1) is 14.5. The Labute approximate surface area is 118 Å². The molecule has 6 heteroatoms. The minimum absolute atomic E-state index is 0.0715. The van der Waals surface area contributed by atoms with Crippen LogP contribution in [-0.2, 0) is 4.79 Å². The van der Waals surface area contributed by atoms with Crippen LogP contribution in [0.1, 0.15) is 20.8 Å². The minimum atomic E-state index is -0.771. The molecule has 0 radical (unpaired) electrons. The van der Waals surface area contributed by atoms with Crippen molar-refractivity contribution in [2.75, 3.05) is 31.9 Å². The van der Waals surface area contributed by atoms with Crippen molar-refractivity contribution in [2.24, 2.45) is 11.8 Å². The Balaban J connectivity index is 1.85. The number of thioether (sulfide) groups is 1. The lowest BCUT2D eigenvalue weighted by Crippen LogP contribution is -2.59. The average molecular weight is 286 g/mol. The number of nitrogens with zero attached hydrogens (tertiary/aromatic N) is 2. The highest BCUT2D eigenvalue weighted by atomic mass is 32.2. The van der Waals surface area contributed by atoms with E-state index in [1.54, 1.807) is 11.8 Å². The Hall–Kier alpha value is -0.910. The Morgan fingerprint density at radius 3 is 2.47 bits per heavy atom. The predicted octanol–water partition coefficient (Wildman–Crippen LogP) is 1.59. The first-order chi connectivity index (χ1) is 8.80. The highest BCUT2D eigenvalue weighted by Gasteiger charge is 2.40. The number of carboxylic acids is 1. The number of hydrogen-bond donors (Lipinski definition) is 1. The van der Waals surface area contributed by atoms with Gasteiger partial charge in [-0.2, -0.15) is 11.8 Å². The molecule has 2 rings (SSSR count). The van der Waals surface area contributed by atoms with E-state index in [1.165, 1.54) is 0 Å². The van der Waals surface area contributed by atoms with Crippen LogP contribution in [0.3, 0.4) is 0 Å². The van der Waals surface area contributed by atoms with Crippen LogP contribution in [0.25, 0.3) is 0 Å². The van der Waals surface area contributed by atoms with E-state index in [1.807, 2.05) is 16.7 Å². The number of aliphatic carboxylic acids is 1. The zero-order valence-corrected chi connectivity index (χ0v) is 12.6. The molecule has 0 aromatic rings. The monoisotopic (exact) mass is 286 g/mol. The lowest BCUT2D eigenvalue weighted by Gasteiger charge is -2.46. The molecular weight excluding hydrogens is 264 g/mol. The molecule has 0 aromatic heterocycles. The summed E-state index contributed by atoms with van der Waals surface area (Å²) in [6.07, 6.45) is 0. The number of carbonyl (C=O) groups excluding carboxylic acids is 1. The zero-order valence-electron chi connectivity index (χ0n) is 11.8. The van der Waals surface area contributed by atoms with Gasteiger partial charge in [-0.3, -0.25) is 4.79 Å². The number of urea groups is 1. The molecule has 108 valence electrons.